The number of hydrogen-bond donors (Lipinski definition) is 0. The van der Waals surface area contributed by atoms with Crippen molar-refractivity contribution >= 4 is 18.0 Å². The Labute approximate surface area is 130 Å². The Hall–Kier alpha value is -1.95. The van der Waals surface area contributed by atoms with Gasteiger partial charge in [-0.05, 0) is 31.2 Å². The SMILES string of the molecule is CCOc1ccccc1Sc1ccc(C=O)cc1C(F)(F)F. The van der Waals surface area contributed by atoms with Crippen molar-refractivity contribution in [3.8, 4) is 5.75 Å². The highest BCUT2D eigenvalue weighted by Crippen LogP contribution is 2.42. The molecule has 116 valence electrons. The van der Waals surface area contributed by atoms with Crippen molar-refractivity contribution in [3.63, 3.8) is 0 Å². The molecule has 0 atom stereocenters. The fraction of sp³-hybridized carbons (Fsp3) is 0.188. The molecule has 0 amide bonds. The largest absolute Gasteiger partial charge is 0.493 e. The molecule has 2 nitrogen and oxygen atoms in total. The van der Waals surface area contributed by atoms with Gasteiger partial charge in [-0.15, -0.1) is 0 Å². The second kappa shape index (κ2) is 6.87. The molecule has 0 aliphatic carbocycles. The maximum atomic E-state index is 13.2. The lowest BCUT2D eigenvalue weighted by Gasteiger charge is -2.14. The lowest BCUT2D eigenvalue weighted by Crippen LogP contribution is -2.07. The zero-order valence-corrected chi connectivity index (χ0v) is 12.5. The van der Waals surface area contributed by atoms with E-state index in [1.54, 1.807) is 24.3 Å². The van der Waals surface area contributed by atoms with E-state index in [1.807, 2.05) is 6.92 Å². The Morgan fingerprint density at radius 2 is 1.86 bits per heavy atom. The molecule has 6 heteroatoms. The highest BCUT2D eigenvalue weighted by Gasteiger charge is 2.34. The predicted molar refractivity (Wildman–Crippen MR) is 78.6 cm³/mol. The molecule has 0 fully saturated rings. The fourth-order valence-electron chi connectivity index (χ4n) is 1.86. The molecule has 0 saturated carbocycles. The van der Waals surface area contributed by atoms with Crippen LogP contribution in [0.2, 0.25) is 0 Å². The van der Waals surface area contributed by atoms with E-state index in [1.165, 1.54) is 12.1 Å². The van der Waals surface area contributed by atoms with Crippen LogP contribution in [0.25, 0.3) is 0 Å². The average molecular weight is 326 g/mol. The quantitative estimate of drug-likeness (QED) is 0.718. The molecule has 0 unspecified atom stereocenters. The highest BCUT2D eigenvalue weighted by atomic mass is 32.2. The minimum absolute atomic E-state index is 0.00484. The van der Waals surface area contributed by atoms with E-state index in [4.69, 9.17) is 4.74 Å². The third-order valence-corrected chi connectivity index (χ3v) is 3.95. The Morgan fingerprint density at radius 3 is 2.50 bits per heavy atom. The van der Waals surface area contributed by atoms with Gasteiger partial charge in [0.15, 0.2) is 0 Å². The zero-order valence-electron chi connectivity index (χ0n) is 11.7. The summed E-state index contributed by atoms with van der Waals surface area (Å²) in [6, 6.07) is 10.4. The molecule has 0 saturated heterocycles. The lowest BCUT2D eigenvalue weighted by molar-refractivity contribution is -0.139. The number of alkyl halides is 3. The number of benzene rings is 2. The molecule has 0 radical (unpaired) electrons. The molecule has 22 heavy (non-hydrogen) atoms. The summed E-state index contributed by atoms with van der Waals surface area (Å²) in [5, 5.41) is 0. The highest BCUT2D eigenvalue weighted by molar-refractivity contribution is 7.99. The molecule has 0 aliphatic heterocycles. The fourth-order valence-corrected chi connectivity index (χ4v) is 2.89. The molecule has 2 rings (SSSR count). The summed E-state index contributed by atoms with van der Waals surface area (Å²) >= 11 is 0.966. The molecule has 0 aliphatic rings. The minimum Gasteiger partial charge on any atom is -0.493 e. The van der Waals surface area contributed by atoms with Crippen LogP contribution in [0.1, 0.15) is 22.8 Å². The smallest absolute Gasteiger partial charge is 0.417 e. The van der Waals surface area contributed by atoms with Gasteiger partial charge in [-0.1, -0.05) is 30.0 Å². The topological polar surface area (TPSA) is 26.3 Å². The van der Waals surface area contributed by atoms with Crippen molar-refractivity contribution in [1.82, 2.24) is 0 Å². The molecular formula is C16H13F3O2S. The van der Waals surface area contributed by atoms with Gasteiger partial charge in [0.25, 0.3) is 0 Å². The summed E-state index contributed by atoms with van der Waals surface area (Å²) in [4.78, 5) is 11.3. The van der Waals surface area contributed by atoms with Crippen molar-refractivity contribution in [2.45, 2.75) is 22.9 Å². The lowest BCUT2D eigenvalue weighted by atomic mass is 10.1. The van der Waals surface area contributed by atoms with E-state index in [2.05, 4.69) is 0 Å². The Morgan fingerprint density at radius 1 is 1.14 bits per heavy atom. The summed E-state index contributed by atoms with van der Waals surface area (Å²) in [6.45, 7) is 2.23. The molecular weight excluding hydrogens is 313 g/mol. The van der Waals surface area contributed by atoms with Crippen molar-refractivity contribution in [2.24, 2.45) is 0 Å². The van der Waals surface area contributed by atoms with Crippen LogP contribution in [-0.2, 0) is 6.18 Å². The Bertz CT molecular complexity index is 669. The summed E-state index contributed by atoms with van der Waals surface area (Å²) in [6.07, 6.45) is -4.13. The number of rotatable bonds is 5. The normalized spacial score (nSPS) is 11.3. The number of carbonyl (C=O) groups is 1. The maximum absolute atomic E-state index is 13.2. The standard InChI is InChI=1S/C16H13F3O2S/c1-2-21-13-5-3-4-6-15(13)22-14-8-7-11(10-20)9-12(14)16(17,18)19/h3-10H,2H2,1H3. The zero-order chi connectivity index (χ0) is 16.2. The molecule has 2 aromatic carbocycles. The predicted octanol–water partition coefficient (Wildman–Crippen LogP) is 5.07. The number of ether oxygens (including phenoxy) is 1. The van der Waals surface area contributed by atoms with Crippen LogP contribution in [0.15, 0.2) is 52.3 Å². The number of para-hydroxylation sites is 1. The van der Waals surface area contributed by atoms with Gasteiger partial charge >= 0.3 is 6.18 Å². The molecule has 0 N–H and O–H groups in total. The third-order valence-electron chi connectivity index (χ3n) is 2.81. The summed E-state index contributed by atoms with van der Waals surface area (Å²) < 4.78 is 44.9. The first-order valence-electron chi connectivity index (χ1n) is 6.51. The van der Waals surface area contributed by atoms with Crippen molar-refractivity contribution in [2.75, 3.05) is 6.61 Å². The monoisotopic (exact) mass is 326 g/mol. The first kappa shape index (κ1) is 16.4. The molecule has 0 aromatic heterocycles. The van der Waals surface area contributed by atoms with Crippen LogP contribution in [0, 0.1) is 0 Å². The van der Waals surface area contributed by atoms with Gasteiger partial charge in [-0.3, -0.25) is 4.79 Å². The molecule has 0 bridgehead atoms. The Balaban J connectivity index is 2.43. The van der Waals surface area contributed by atoms with Crippen molar-refractivity contribution in [3.05, 3.63) is 53.6 Å². The van der Waals surface area contributed by atoms with E-state index in [0.717, 1.165) is 17.8 Å². The Kier molecular flexibility index (Phi) is 5.13. The van der Waals surface area contributed by atoms with E-state index in [0.29, 0.717) is 23.5 Å². The van der Waals surface area contributed by atoms with Crippen LogP contribution in [0.5, 0.6) is 5.75 Å². The maximum Gasteiger partial charge on any atom is 0.417 e. The number of carbonyl (C=O) groups excluding carboxylic acids is 1. The number of aldehydes is 1. The first-order chi connectivity index (χ1) is 10.5. The summed E-state index contributed by atoms with van der Waals surface area (Å²) in [7, 11) is 0. The van der Waals surface area contributed by atoms with Gasteiger partial charge in [0, 0.05) is 10.5 Å². The van der Waals surface area contributed by atoms with Gasteiger partial charge in [0.1, 0.15) is 12.0 Å². The van der Waals surface area contributed by atoms with Crippen LogP contribution in [0.4, 0.5) is 13.2 Å². The van der Waals surface area contributed by atoms with Gasteiger partial charge in [0.05, 0.1) is 17.1 Å². The van der Waals surface area contributed by atoms with Crippen molar-refractivity contribution < 1.29 is 22.7 Å². The minimum atomic E-state index is -4.53. The first-order valence-corrected chi connectivity index (χ1v) is 7.33. The van der Waals surface area contributed by atoms with Gasteiger partial charge in [-0.25, -0.2) is 0 Å². The van der Waals surface area contributed by atoms with Crippen LogP contribution in [0.3, 0.4) is 0 Å². The van der Waals surface area contributed by atoms with Crippen LogP contribution >= 0.6 is 11.8 Å². The second-order valence-electron chi connectivity index (χ2n) is 4.35. The third kappa shape index (κ3) is 3.82. The van der Waals surface area contributed by atoms with Gasteiger partial charge in [-0.2, -0.15) is 13.2 Å². The van der Waals surface area contributed by atoms with E-state index in [9.17, 15) is 18.0 Å². The van der Waals surface area contributed by atoms with E-state index >= 15 is 0 Å². The van der Waals surface area contributed by atoms with Crippen LogP contribution < -0.4 is 4.74 Å². The van der Waals surface area contributed by atoms with Crippen molar-refractivity contribution in [1.29, 1.82) is 0 Å². The van der Waals surface area contributed by atoms with E-state index in [-0.39, 0.29) is 10.5 Å². The second-order valence-corrected chi connectivity index (χ2v) is 5.44. The van der Waals surface area contributed by atoms with E-state index < -0.39 is 11.7 Å². The van der Waals surface area contributed by atoms with Gasteiger partial charge in [0.2, 0.25) is 0 Å². The summed E-state index contributed by atoms with van der Waals surface area (Å²) in [5.74, 6) is 0.530. The molecule has 0 spiro atoms. The number of hydrogen-bond acceptors (Lipinski definition) is 3. The molecule has 2 aromatic rings. The summed E-state index contributed by atoms with van der Waals surface area (Å²) in [5.41, 5.74) is -0.830. The number of halogens is 3. The van der Waals surface area contributed by atoms with Gasteiger partial charge < -0.3 is 4.74 Å². The van der Waals surface area contributed by atoms with Crippen LogP contribution in [-0.4, -0.2) is 12.9 Å². The molecule has 0 heterocycles. The average Bonchev–Trinajstić information content (AvgIpc) is 2.49.